The van der Waals surface area contributed by atoms with Crippen LogP contribution in [-0.2, 0) is 0 Å². The number of carbonyl (C=O) groups is 8. The molecule has 0 amide bonds. The summed E-state index contributed by atoms with van der Waals surface area (Å²) in [7, 11) is 1.50. The molecule has 0 saturated carbocycles. The van der Waals surface area contributed by atoms with E-state index in [-0.39, 0.29) is 57.1 Å². The number of carbonyl (C=O) groups excluding carboxylic acids is 8. The van der Waals surface area contributed by atoms with Gasteiger partial charge in [0.2, 0.25) is 0 Å². The zero-order valence-corrected chi connectivity index (χ0v) is 45.3. The molecule has 19 heteroatoms. The average Bonchev–Trinajstić information content (AvgIpc) is 3.49. The Hall–Kier alpha value is -10.4. The minimum Gasteiger partial charge on any atom is -0.508 e. The Morgan fingerprint density at radius 1 is 0.383 bits per heavy atom. The van der Waals surface area contributed by atoms with E-state index in [0.717, 1.165) is 27.1 Å². The average molecular weight is 1180 g/mol. The molecule has 8 N–H and O–H groups in total. The van der Waals surface area contributed by atoms with Crippen LogP contribution < -0.4 is 4.74 Å². The van der Waals surface area contributed by atoms with E-state index in [1.807, 2.05) is 31.2 Å². The maximum Gasteiger partial charge on any atom is 0.154 e. The summed E-state index contributed by atoms with van der Waals surface area (Å²) in [6, 6.07) is 47.8. The summed E-state index contributed by atoms with van der Waals surface area (Å²) in [6.45, 7) is 1.87. The van der Waals surface area contributed by atoms with Crippen LogP contribution in [0, 0.1) is 6.92 Å². The Bertz CT molecular complexity index is 3380. The minimum absolute atomic E-state index is 0.0122. The van der Waals surface area contributed by atoms with Crippen LogP contribution in [0.4, 0.5) is 0 Å². The number of para-hydroxylation sites is 1. The molecule has 9 rings (SSSR count). The lowest BCUT2D eigenvalue weighted by molar-refractivity contribution is 0.111. The van der Waals surface area contributed by atoms with Crippen LogP contribution in [0.5, 0.6) is 51.7 Å². The number of phenols is 8. The highest BCUT2D eigenvalue weighted by Crippen LogP contribution is 2.26. The summed E-state index contributed by atoms with van der Waals surface area (Å²) in [5.74, 6) is 0.922. The summed E-state index contributed by atoms with van der Waals surface area (Å²) >= 11 is 8.69. The largest absolute Gasteiger partial charge is 0.508 e. The number of halogens is 2. The van der Waals surface area contributed by atoms with Crippen LogP contribution in [0.3, 0.4) is 0 Å². The van der Waals surface area contributed by atoms with E-state index in [2.05, 4.69) is 15.9 Å². The first-order chi connectivity index (χ1) is 38.8. The Labute approximate surface area is 477 Å². The molecule has 0 heterocycles. The molecule has 0 aromatic heterocycles. The van der Waals surface area contributed by atoms with Crippen molar-refractivity contribution in [3.63, 3.8) is 0 Å². The molecule has 17 nitrogen and oxygen atoms in total. The number of rotatable bonds is 9. The van der Waals surface area contributed by atoms with Crippen LogP contribution in [0.2, 0.25) is 5.02 Å². The third kappa shape index (κ3) is 24.2. The minimum atomic E-state index is -0.0422. The molecule has 0 aliphatic heterocycles. The molecule has 9 aromatic carbocycles. The number of aromatic hydroxyl groups is 8. The maximum absolute atomic E-state index is 10.7. The first-order valence-corrected chi connectivity index (χ1v) is 24.3. The van der Waals surface area contributed by atoms with Crippen LogP contribution in [-0.4, -0.2) is 98.3 Å². The third-order valence-electron chi connectivity index (χ3n) is 10.1. The van der Waals surface area contributed by atoms with E-state index >= 15 is 0 Å². The van der Waals surface area contributed by atoms with Crippen LogP contribution in [0.25, 0.3) is 10.8 Å². The normalized spacial score (nSPS) is 9.28. The lowest BCUT2D eigenvalue weighted by Gasteiger charge is -2.01. The summed E-state index contributed by atoms with van der Waals surface area (Å²) in [6.07, 6.45) is 5.12. The quantitative estimate of drug-likeness (QED) is 0.0623. The molecule has 0 atom stereocenters. The van der Waals surface area contributed by atoms with E-state index in [1.165, 1.54) is 86.0 Å². The summed E-state index contributed by atoms with van der Waals surface area (Å²) < 4.78 is 5.63. The van der Waals surface area contributed by atoms with Gasteiger partial charge < -0.3 is 45.6 Å². The summed E-state index contributed by atoms with van der Waals surface area (Å²) in [5, 5.41) is 73.9. The van der Waals surface area contributed by atoms with Gasteiger partial charge in [0.15, 0.2) is 37.7 Å². The van der Waals surface area contributed by atoms with Gasteiger partial charge in [-0.3, -0.25) is 38.4 Å². The molecule has 0 fully saturated rings. The predicted molar refractivity (Wildman–Crippen MR) is 309 cm³/mol. The summed E-state index contributed by atoms with van der Waals surface area (Å²) in [4.78, 5) is 81.7. The number of phenolic OH excluding ortho intramolecular Hbond substituents is 8. The standard InChI is InChI=1S/C11H8O2.C8H8O3.C8H8O2.C7H5BrO2.C7H5ClO2.3C7H6O2/c12-7-10-9-4-2-1-3-8(9)5-6-11(10)13;1-11-7-2-3-8(10)6(4-7)5-9;1-6-2-3-8(10)7(4-6)5-9;2*8-6-1-2-7(10)5(3-6)4-9;8-5-6-1-3-7(9)4-2-6;8-5-6-2-1-3-7(9)4-6;8-5-6-3-1-2-4-7(6)9/h1-7,13H;2-5,10H,1H3;2-5,10H,1H3;2*1-4,10H;3*1-5,9H. The Balaban J connectivity index is 0.000000317. The fourth-order valence-electron chi connectivity index (χ4n) is 5.91. The van der Waals surface area contributed by atoms with Crippen LogP contribution in [0.15, 0.2) is 186 Å². The van der Waals surface area contributed by atoms with Crippen molar-refractivity contribution in [3.05, 3.63) is 242 Å². The fraction of sp³-hybridized carbons (Fsp3) is 0.0323. The van der Waals surface area contributed by atoms with Crippen molar-refractivity contribution in [1.29, 1.82) is 0 Å². The van der Waals surface area contributed by atoms with Crippen molar-refractivity contribution >= 4 is 88.6 Å². The van der Waals surface area contributed by atoms with Crippen molar-refractivity contribution < 1.29 is 83.9 Å². The Morgan fingerprint density at radius 2 is 0.877 bits per heavy atom. The Kier molecular flexibility index (Phi) is 30.1. The molecule has 81 heavy (non-hydrogen) atoms. The molecule has 0 bridgehead atoms. The number of aryl methyl sites for hydroxylation is 1. The van der Waals surface area contributed by atoms with E-state index in [9.17, 15) is 43.5 Å². The van der Waals surface area contributed by atoms with Gasteiger partial charge in [-0.05, 0) is 139 Å². The van der Waals surface area contributed by atoms with E-state index in [4.69, 9.17) is 52.1 Å². The van der Waals surface area contributed by atoms with Gasteiger partial charge in [-0.1, -0.05) is 93.8 Å². The molecule has 0 aliphatic carbocycles. The maximum atomic E-state index is 10.7. The molecule has 9 aromatic rings. The highest BCUT2D eigenvalue weighted by atomic mass is 79.9. The molecule has 416 valence electrons. The zero-order valence-electron chi connectivity index (χ0n) is 42.9. The number of benzene rings is 9. The van der Waals surface area contributed by atoms with Crippen molar-refractivity contribution in [3.8, 4) is 51.7 Å². The SMILES string of the molecule is COc1ccc(O)c(C=O)c1.Cc1ccc(O)c(C=O)c1.O=Cc1c(O)ccc2ccccc12.O=Cc1cc(Br)ccc1O.O=Cc1cc(Cl)ccc1O.O=Cc1ccc(O)cc1.O=Cc1cccc(O)c1.O=Cc1ccccc1O. The second-order valence-electron chi connectivity index (χ2n) is 15.8. The van der Waals surface area contributed by atoms with Crippen LogP contribution >= 0.6 is 27.5 Å². The molecule has 0 aliphatic rings. The monoisotopic (exact) mass is 1180 g/mol. The van der Waals surface area contributed by atoms with Crippen molar-refractivity contribution in [1.82, 2.24) is 0 Å². The second-order valence-corrected chi connectivity index (χ2v) is 17.2. The van der Waals surface area contributed by atoms with Gasteiger partial charge in [-0.2, -0.15) is 0 Å². The lowest BCUT2D eigenvalue weighted by Crippen LogP contribution is -1.85. The van der Waals surface area contributed by atoms with Gasteiger partial charge in [0.1, 0.15) is 64.3 Å². The van der Waals surface area contributed by atoms with E-state index in [1.54, 1.807) is 78.9 Å². The lowest BCUT2D eigenvalue weighted by atomic mass is 10.0. The molecular formula is C62H52BrClO17. The van der Waals surface area contributed by atoms with Gasteiger partial charge in [0, 0.05) is 20.6 Å². The van der Waals surface area contributed by atoms with Gasteiger partial charge in [0.25, 0.3) is 0 Å². The highest BCUT2D eigenvalue weighted by molar-refractivity contribution is 9.10. The highest BCUT2D eigenvalue weighted by Gasteiger charge is 2.05. The fourth-order valence-corrected chi connectivity index (χ4v) is 6.47. The number of fused-ring (bicyclic) bond motifs is 1. The summed E-state index contributed by atoms with van der Waals surface area (Å²) in [5.41, 5.74) is 3.84. The first-order valence-electron chi connectivity index (χ1n) is 23.1. The number of methoxy groups -OCH3 is 1. The van der Waals surface area contributed by atoms with Gasteiger partial charge in [0.05, 0.1) is 40.5 Å². The van der Waals surface area contributed by atoms with Gasteiger partial charge in [-0.15, -0.1) is 0 Å². The van der Waals surface area contributed by atoms with Gasteiger partial charge in [-0.25, -0.2) is 0 Å². The first kappa shape index (κ1) is 66.7. The van der Waals surface area contributed by atoms with Crippen LogP contribution in [0.1, 0.15) is 88.4 Å². The molecular weight excluding hydrogens is 1130 g/mol. The zero-order chi connectivity index (χ0) is 60.3. The molecule has 0 spiro atoms. The predicted octanol–water partition coefficient (Wildman–Crippen LogP) is 12.5. The molecule has 0 radical (unpaired) electrons. The smallest absolute Gasteiger partial charge is 0.154 e. The molecule has 0 saturated heterocycles. The number of aldehydes is 8. The topological polar surface area (TPSA) is 308 Å². The number of hydrogen-bond acceptors (Lipinski definition) is 17. The molecule has 0 unspecified atom stereocenters. The van der Waals surface area contributed by atoms with Crippen molar-refractivity contribution in [2.45, 2.75) is 6.92 Å². The third-order valence-corrected chi connectivity index (χ3v) is 10.8. The van der Waals surface area contributed by atoms with Crippen molar-refractivity contribution in [2.24, 2.45) is 0 Å². The van der Waals surface area contributed by atoms with Crippen molar-refractivity contribution in [2.75, 3.05) is 7.11 Å². The number of hydrogen-bond donors (Lipinski definition) is 8. The van der Waals surface area contributed by atoms with E-state index in [0.29, 0.717) is 88.2 Å². The van der Waals surface area contributed by atoms with E-state index < -0.39 is 0 Å². The second kappa shape index (κ2) is 36.6. The Morgan fingerprint density at radius 3 is 1.37 bits per heavy atom. The van der Waals surface area contributed by atoms with Gasteiger partial charge >= 0.3 is 0 Å². The number of ether oxygens (including phenoxy) is 1.